The Morgan fingerprint density at radius 2 is 1.95 bits per heavy atom. The molecular formula is C16H24N2O3. The maximum Gasteiger partial charge on any atom is 0.240 e. The molecule has 0 unspecified atom stereocenters. The van der Waals surface area contributed by atoms with Crippen molar-refractivity contribution < 1.29 is 14.3 Å². The number of benzene rings is 1. The molecule has 0 spiro atoms. The van der Waals surface area contributed by atoms with E-state index in [1.54, 1.807) is 0 Å². The third-order valence-electron chi connectivity index (χ3n) is 3.59. The third kappa shape index (κ3) is 4.44. The molecule has 5 nitrogen and oxygen atoms in total. The normalized spacial score (nSPS) is 17.5. The van der Waals surface area contributed by atoms with Gasteiger partial charge in [-0.1, -0.05) is 12.1 Å². The van der Waals surface area contributed by atoms with E-state index >= 15 is 0 Å². The Labute approximate surface area is 125 Å². The molecule has 1 heterocycles. The molecule has 1 amide bonds. The first kappa shape index (κ1) is 15.8. The smallest absolute Gasteiger partial charge is 0.240 e. The van der Waals surface area contributed by atoms with Gasteiger partial charge in [-0.3, -0.25) is 4.79 Å². The van der Waals surface area contributed by atoms with Gasteiger partial charge >= 0.3 is 0 Å². The van der Waals surface area contributed by atoms with Crippen molar-refractivity contribution in [3.63, 3.8) is 0 Å². The van der Waals surface area contributed by atoms with Crippen LogP contribution < -0.4 is 15.8 Å². The number of nitrogens with two attached hydrogens (primary N) is 1. The molecule has 1 aliphatic heterocycles. The Kier molecular flexibility index (Phi) is 5.20. The maximum atomic E-state index is 12.2. The summed E-state index contributed by atoms with van der Waals surface area (Å²) >= 11 is 0. The van der Waals surface area contributed by atoms with E-state index in [9.17, 15) is 4.79 Å². The van der Waals surface area contributed by atoms with Crippen LogP contribution in [-0.4, -0.2) is 30.8 Å². The van der Waals surface area contributed by atoms with Crippen LogP contribution >= 0.6 is 0 Å². The number of carbonyl (C=O) groups is 1. The molecule has 0 aliphatic carbocycles. The van der Waals surface area contributed by atoms with Crippen molar-refractivity contribution in [2.45, 2.75) is 44.9 Å². The van der Waals surface area contributed by atoms with E-state index in [-0.39, 0.29) is 12.0 Å². The number of hydrogen-bond acceptors (Lipinski definition) is 4. The Bertz CT molecular complexity index is 465. The molecule has 1 aromatic carbocycles. The van der Waals surface area contributed by atoms with E-state index in [2.05, 4.69) is 5.32 Å². The Morgan fingerprint density at radius 3 is 2.52 bits per heavy atom. The lowest BCUT2D eigenvalue weighted by molar-refractivity contribution is -0.129. The van der Waals surface area contributed by atoms with E-state index < -0.39 is 5.54 Å². The molecule has 2 rings (SSSR count). The number of carbonyl (C=O) groups excluding carboxylic acids is 1. The summed E-state index contributed by atoms with van der Waals surface area (Å²) in [6, 6.07) is 7.72. The van der Waals surface area contributed by atoms with Gasteiger partial charge in [-0.25, -0.2) is 0 Å². The van der Waals surface area contributed by atoms with Crippen molar-refractivity contribution in [1.82, 2.24) is 5.32 Å². The van der Waals surface area contributed by atoms with Gasteiger partial charge < -0.3 is 20.5 Å². The minimum Gasteiger partial charge on any atom is -0.491 e. The fourth-order valence-electron chi connectivity index (χ4n) is 2.28. The van der Waals surface area contributed by atoms with Crippen LogP contribution in [0.1, 0.15) is 32.3 Å². The van der Waals surface area contributed by atoms with Gasteiger partial charge in [-0.15, -0.1) is 0 Å². The lowest BCUT2D eigenvalue weighted by atomic mass is 9.90. The summed E-state index contributed by atoms with van der Waals surface area (Å²) in [6.07, 6.45) is 1.29. The lowest BCUT2D eigenvalue weighted by Crippen LogP contribution is -2.56. The van der Waals surface area contributed by atoms with Gasteiger partial charge in [-0.2, -0.15) is 0 Å². The average molecular weight is 292 g/mol. The van der Waals surface area contributed by atoms with Crippen LogP contribution in [0.15, 0.2) is 24.3 Å². The van der Waals surface area contributed by atoms with Crippen molar-refractivity contribution in [1.29, 1.82) is 0 Å². The molecule has 0 radical (unpaired) electrons. The second-order valence-corrected chi connectivity index (χ2v) is 5.76. The fourth-order valence-corrected chi connectivity index (χ4v) is 2.28. The van der Waals surface area contributed by atoms with Crippen LogP contribution in [0.3, 0.4) is 0 Å². The summed E-state index contributed by atoms with van der Waals surface area (Å²) in [5.41, 5.74) is 6.36. The molecule has 0 bridgehead atoms. The van der Waals surface area contributed by atoms with Crippen LogP contribution in [0.4, 0.5) is 0 Å². The van der Waals surface area contributed by atoms with Crippen molar-refractivity contribution in [3.05, 3.63) is 29.8 Å². The monoisotopic (exact) mass is 292 g/mol. The first-order valence-corrected chi connectivity index (χ1v) is 7.40. The summed E-state index contributed by atoms with van der Waals surface area (Å²) in [7, 11) is 0. The van der Waals surface area contributed by atoms with Gasteiger partial charge in [0.2, 0.25) is 5.91 Å². The number of nitrogens with one attached hydrogen (secondary N) is 1. The van der Waals surface area contributed by atoms with Crippen molar-refractivity contribution in [3.8, 4) is 5.75 Å². The SMILES string of the molecule is CC(C)Oc1ccc(CNC(=O)C2(N)CCOCC2)cc1. The highest BCUT2D eigenvalue weighted by molar-refractivity contribution is 5.86. The van der Waals surface area contributed by atoms with Gasteiger partial charge in [0.15, 0.2) is 0 Å². The summed E-state index contributed by atoms with van der Waals surface area (Å²) in [4.78, 5) is 12.2. The average Bonchev–Trinajstić information content (AvgIpc) is 2.46. The summed E-state index contributed by atoms with van der Waals surface area (Å²) in [5.74, 6) is 0.730. The second kappa shape index (κ2) is 6.91. The van der Waals surface area contributed by atoms with Crippen LogP contribution in [-0.2, 0) is 16.1 Å². The number of hydrogen-bond donors (Lipinski definition) is 2. The van der Waals surface area contributed by atoms with Crippen molar-refractivity contribution in [2.24, 2.45) is 5.73 Å². The molecule has 1 saturated heterocycles. The molecule has 116 valence electrons. The molecule has 3 N–H and O–H groups in total. The molecule has 0 atom stereocenters. The number of ether oxygens (including phenoxy) is 2. The fraction of sp³-hybridized carbons (Fsp3) is 0.562. The zero-order chi connectivity index (χ0) is 15.3. The number of amides is 1. The third-order valence-corrected chi connectivity index (χ3v) is 3.59. The van der Waals surface area contributed by atoms with Crippen molar-refractivity contribution >= 4 is 5.91 Å². The Hall–Kier alpha value is -1.59. The van der Waals surface area contributed by atoms with E-state index in [0.29, 0.717) is 32.6 Å². The van der Waals surface area contributed by atoms with Crippen LogP contribution in [0.25, 0.3) is 0 Å². The lowest BCUT2D eigenvalue weighted by Gasteiger charge is -2.31. The Balaban J connectivity index is 1.86. The first-order valence-electron chi connectivity index (χ1n) is 7.40. The van der Waals surface area contributed by atoms with Gasteiger partial charge in [0, 0.05) is 19.8 Å². The summed E-state index contributed by atoms with van der Waals surface area (Å²) in [6.45, 7) is 5.54. The number of rotatable bonds is 5. The summed E-state index contributed by atoms with van der Waals surface area (Å²) in [5, 5.41) is 2.91. The van der Waals surface area contributed by atoms with E-state index in [1.165, 1.54) is 0 Å². The molecule has 1 aromatic rings. The molecule has 1 fully saturated rings. The minimum absolute atomic E-state index is 0.103. The van der Waals surface area contributed by atoms with Gasteiger partial charge in [0.05, 0.1) is 11.6 Å². The van der Waals surface area contributed by atoms with E-state index in [1.807, 2.05) is 38.1 Å². The van der Waals surface area contributed by atoms with Gasteiger partial charge in [0.1, 0.15) is 5.75 Å². The first-order chi connectivity index (χ1) is 9.99. The van der Waals surface area contributed by atoms with E-state index in [4.69, 9.17) is 15.2 Å². The highest BCUT2D eigenvalue weighted by Gasteiger charge is 2.35. The molecule has 1 aliphatic rings. The molecule has 0 saturated carbocycles. The highest BCUT2D eigenvalue weighted by Crippen LogP contribution is 2.18. The van der Waals surface area contributed by atoms with E-state index in [0.717, 1.165) is 11.3 Å². The van der Waals surface area contributed by atoms with Crippen LogP contribution in [0, 0.1) is 0 Å². The van der Waals surface area contributed by atoms with Crippen LogP contribution in [0.2, 0.25) is 0 Å². The highest BCUT2D eigenvalue weighted by atomic mass is 16.5. The second-order valence-electron chi connectivity index (χ2n) is 5.76. The maximum absolute atomic E-state index is 12.2. The largest absolute Gasteiger partial charge is 0.491 e. The predicted octanol–water partition coefficient (Wildman–Crippen LogP) is 1.60. The zero-order valence-corrected chi connectivity index (χ0v) is 12.7. The molecular weight excluding hydrogens is 268 g/mol. The molecule has 5 heteroatoms. The van der Waals surface area contributed by atoms with Crippen LogP contribution in [0.5, 0.6) is 5.75 Å². The van der Waals surface area contributed by atoms with Crippen molar-refractivity contribution in [2.75, 3.05) is 13.2 Å². The minimum atomic E-state index is -0.793. The van der Waals surface area contributed by atoms with Gasteiger partial charge in [0.25, 0.3) is 0 Å². The standard InChI is InChI=1S/C16H24N2O3/c1-12(2)21-14-5-3-13(4-6-14)11-18-15(19)16(17)7-9-20-10-8-16/h3-6,12H,7-11,17H2,1-2H3,(H,18,19). The zero-order valence-electron chi connectivity index (χ0n) is 12.7. The Morgan fingerprint density at radius 1 is 1.33 bits per heavy atom. The molecule has 0 aromatic heterocycles. The quantitative estimate of drug-likeness (QED) is 0.864. The predicted molar refractivity (Wildman–Crippen MR) is 81.0 cm³/mol. The summed E-state index contributed by atoms with van der Waals surface area (Å²) < 4.78 is 10.8. The topological polar surface area (TPSA) is 73.6 Å². The van der Waals surface area contributed by atoms with Gasteiger partial charge in [-0.05, 0) is 44.4 Å². The molecule has 21 heavy (non-hydrogen) atoms.